The normalized spacial score (nSPS) is 11.2. The molecule has 0 saturated carbocycles. The molecule has 10 heteroatoms. The smallest absolute Gasteiger partial charge is 0.308 e. The Balaban J connectivity index is 1.88. The quantitative estimate of drug-likeness (QED) is 0.384. The molecule has 0 spiro atoms. The van der Waals surface area contributed by atoms with Crippen molar-refractivity contribution < 1.29 is 24.0 Å². The van der Waals surface area contributed by atoms with Crippen LogP contribution < -0.4 is 10.6 Å². The Morgan fingerprint density at radius 1 is 1.10 bits per heavy atom. The van der Waals surface area contributed by atoms with Crippen LogP contribution in [0.15, 0.2) is 48.5 Å². The number of carbonyl (C=O) groups excluding carboxylic acids is 3. The molecule has 2 rings (SSSR count). The summed E-state index contributed by atoms with van der Waals surface area (Å²) >= 11 is 5.85. The first-order valence-electron chi connectivity index (χ1n) is 8.47. The number of ether oxygens (including phenoxy) is 1. The molecule has 0 aromatic heterocycles. The number of anilines is 1. The van der Waals surface area contributed by atoms with Crippen molar-refractivity contribution in [2.24, 2.45) is 0 Å². The van der Waals surface area contributed by atoms with Crippen LogP contribution in [0.2, 0.25) is 5.02 Å². The third kappa shape index (κ3) is 7.23. The second kappa shape index (κ2) is 10.2. The predicted octanol–water partition coefficient (Wildman–Crippen LogP) is 3.00. The van der Waals surface area contributed by atoms with Gasteiger partial charge in [-0.15, -0.1) is 0 Å². The maximum atomic E-state index is 12.1. The lowest BCUT2D eigenvalue weighted by atomic mass is 10.0. The van der Waals surface area contributed by atoms with Gasteiger partial charge in [-0.1, -0.05) is 23.7 Å². The molecule has 1 unspecified atom stereocenters. The van der Waals surface area contributed by atoms with Gasteiger partial charge < -0.3 is 15.4 Å². The highest BCUT2D eigenvalue weighted by molar-refractivity contribution is 6.30. The van der Waals surface area contributed by atoms with E-state index in [1.807, 2.05) is 0 Å². The number of carbonyl (C=O) groups is 3. The molecule has 152 valence electrons. The van der Waals surface area contributed by atoms with Crippen LogP contribution in [0.5, 0.6) is 0 Å². The van der Waals surface area contributed by atoms with Gasteiger partial charge in [-0.05, 0) is 29.8 Å². The lowest BCUT2D eigenvalue weighted by Gasteiger charge is -2.17. The molecule has 1 atom stereocenters. The number of nitro benzene ring substituents is 1. The summed E-state index contributed by atoms with van der Waals surface area (Å²) in [6, 6.07) is 11.2. The summed E-state index contributed by atoms with van der Waals surface area (Å²) in [5.41, 5.74) is 0.881. The highest BCUT2D eigenvalue weighted by atomic mass is 35.5. The summed E-state index contributed by atoms with van der Waals surface area (Å²) < 4.78 is 4.96. The van der Waals surface area contributed by atoms with Crippen LogP contribution in [0.3, 0.4) is 0 Å². The molecule has 0 bridgehead atoms. The third-order valence-electron chi connectivity index (χ3n) is 3.75. The average molecular weight is 420 g/mol. The Kier molecular flexibility index (Phi) is 7.67. The first-order valence-corrected chi connectivity index (χ1v) is 8.85. The van der Waals surface area contributed by atoms with Crippen LogP contribution in [-0.4, -0.2) is 29.3 Å². The number of halogens is 1. The van der Waals surface area contributed by atoms with Crippen molar-refractivity contribution in [3.05, 3.63) is 69.2 Å². The Hall–Kier alpha value is -3.46. The fourth-order valence-electron chi connectivity index (χ4n) is 2.43. The topological polar surface area (TPSA) is 128 Å². The van der Waals surface area contributed by atoms with Crippen molar-refractivity contribution in [1.82, 2.24) is 5.32 Å². The van der Waals surface area contributed by atoms with Crippen molar-refractivity contribution in [3.63, 3.8) is 0 Å². The summed E-state index contributed by atoms with van der Waals surface area (Å²) in [6.45, 7) is 0.787. The van der Waals surface area contributed by atoms with Gasteiger partial charge in [0.25, 0.3) is 11.6 Å². The number of amides is 2. The molecule has 0 aliphatic carbocycles. The van der Waals surface area contributed by atoms with Crippen LogP contribution >= 0.6 is 11.6 Å². The number of nitrogens with zero attached hydrogens (tertiary/aromatic N) is 1. The second-order valence-corrected chi connectivity index (χ2v) is 6.46. The molecule has 29 heavy (non-hydrogen) atoms. The summed E-state index contributed by atoms with van der Waals surface area (Å²) in [5, 5.41) is 16.2. The zero-order valence-electron chi connectivity index (χ0n) is 15.4. The Morgan fingerprint density at radius 3 is 2.28 bits per heavy atom. The zero-order chi connectivity index (χ0) is 21.4. The lowest BCUT2D eigenvalue weighted by molar-refractivity contribution is -0.384. The van der Waals surface area contributed by atoms with E-state index in [9.17, 15) is 24.5 Å². The third-order valence-corrected chi connectivity index (χ3v) is 4.00. The summed E-state index contributed by atoms with van der Waals surface area (Å²) in [4.78, 5) is 45.5. The number of hydrogen-bond acceptors (Lipinski definition) is 6. The molecule has 2 aromatic rings. The number of nitrogens with one attached hydrogen (secondary N) is 2. The summed E-state index contributed by atoms with van der Waals surface area (Å²) in [7, 11) is 0. The number of rotatable bonds is 8. The second-order valence-electron chi connectivity index (χ2n) is 6.02. The van der Waals surface area contributed by atoms with E-state index >= 15 is 0 Å². The van der Waals surface area contributed by atoms with Crippen LogP contribution in [0.25, 0.3) is 0 Å². The van der Waals surface area contributed by atoms with E-state index in [1.165, 1.54) is 31.2 Å². The van der Waals surface area contributed by atoms with E-state index in [1.54, 1.807) is 24.3 Å². The maximum absolute atomic E-state index is 12.1. The minimum Gasteiger partial charge on any atom is -0.455 e. The van der Waals surface area contributed by atoms with Gasteiger partial charge in [0.2, 0.25) is 5.91 Å². The number of nitro groups is 1. The first kappa shape index (κ1) is 21.8. The molecule has 0 fully saturated rings. The lowest BCUT2D eigenvalue weighted by Crippen LogP contribution is -2.29. The molecule has 2 N–H and O–H groups in total. The van der Waals surface area contributed by atoms with E-state index in [4.69, 9.17) is 16.3 Å². The van der Waals surface area contributed by atoms with Crippen molar-refractivity contribution in [3.8, 4) is 0 Å². The van der Waals surface area contributed by atoms with Crippen molar-refractivity contribution in [1.29, 1.82) is 0 Å². The van der Waals surface area contributed by atoms with E-state index in [-0.39, 0.29) is 18.0 Å². The van der Waals surface area contributed by atoms with Gasteiger partial charge in [0.1, 0.15) is 0 Å². The van der Waals surface area contributed by atoms with Gasteiger partial charge >= 0.3 is 5.97 Å². The van der Waals surface area contributed by atoms with E-state index in [0.717, 1.165) is 0 Å². The SMILES string of the molecule is CC(=O)NC(CC(=O)OCC(=O)Nc1ccc([N+](=O)[O-])cc1)c1ccc(Cl)cc1. The standard InChI is InChI=1S/C19H18ClN3O6/c1-12(24)21-17(13-2-4-14(20)5-3-13)10-19(26)29-11-18(25)22-15-6-8-16(9-7-15)23(27)28/h2-9,17H,10-11H2,1H3,(H,21,24)(H,22,25). The van der Waals surface area contributed by atoms with Gasteiger partial charge in [-0.3, -0.25) is 24.5 Å². The van der Waals surface area contributed by atoms with E-state index < -0.39 is 29.4 Å². The first-order chi connectivity index (χ1) is 13.7. The molecule has 0 aliphatic rings. The molecule has 0 saturated heterocycles. The number of hydrogen-bond donors (Lipinski definition) is 2. The number of benzene rings is 2. The highest BCUT2D eigenvalue weighted by Crippen LogP contribution is 2.20. The Labute approximate surface area is 171 Å². The molecular formula is C19H18ClN3O6. The van der Waals surface area contributed by atoms with Crippen molar-refractivity contribution >= 4 is 40.8 Å². The summed E-state index contributed by atoms with van der Waals surface area (Å²) in [5.74, 6) is -1.61. The number of esters is 1. The fourth-order valence-corrected chi connectivity index (χ4v) is 2.55. The van der Waals surface area contributed by atoms with Gasteiger partial charge in [0.05, 0.1) is 17.4 Å². The van der Waals surface area contributed by atoms with Crippen molar-refractivity contribution in [2.75, 3.05) is 11.9 Å². The fraction of sp³-hybridized carbons (Fsp3) is 0.211. The Bertz CT molecular complexity index is 899. The van der Waals surface area contributed by atoms with Crippen LogP contribution in [0, 0.1) is 10.1 Å². The average Bonchev–Trinajstić information content (AvgIpc) is 2.66. The van der Waals surface area contributed by atoms with E-state index in [2.05, 4.69) is 10.6 Å². The molecule has 2 amide bonds. The number of non-ortho nitro benzene ring substituents is 1. The van der Waals surface area contributed by atoms with Gasteiger partial charge in [-0.2, -0.15) is 0 Å². The van der Waals surface area contributed by atoms with E-state index in [0.29, 0.717) is 16.3 Å². The van der Waals surface area contributed by atoms with Crippen LogP contribution in [-0.2, 0) is 19.1 Å². The maximum Gasteiger partial charge on any atom is 0.308 e. The molecule has 9 nitrogen and oxygen atoms in total. The molecule has 2 aromatic carbocycles. The summed E-state index contributed by atoms with van der Waals surface area (Å²) in [6.07, 6.45) is -0.175. The van der Waals surface area contributed by atoms with Crippen LogP contribution in [0.1, 0.15) is 24.9 Å². The predicted molar refractivity (Wildman–Crippen MR) is 105 cm³/mol. The zero-order valence-corrected chi connectivity index (χ0v) is 16.1. The molecule has 0 heterocycles. The van der Waals surface area contributed by atoms with Gasteiger partial charge in [0.15, 0.2) is 6.61 Å². The van der Waals surface area contributed by atoms with Gasteiger partial charge in [-0.25, -0.2) is 0 Å². The largest absolute Gasteiger partial charge is 0.455 e. The Morgan fingerprint density at radius 2 is 1.72 bits per heavy atom. The molecule has 0 aliphatic heterocycles. The van der Waals surface area contributed by atoms with Crippen molar-refractivity contribution in [2.45, 2.75) is 19.4 Å². The molecular weight excluding hydrogens is 402 g/mol. The minimum atomic E-state index is -0.683. The minimum absolute atomic E-state index is 0.111. The van der Waals surface area contributed by atoms with Crippen LogP contribution in [0.4, 0.5) is 11.4 Å². The molecule has 0 radical (unpaired) electrons. The van der Waals surface area contributed by atoms with Gasteiger partial charge in [0, 0.05) is 29.8 Å². The highest BCUT2D eigenvalue weighted by Gasteiger charge is 2.19. The monoisotopic (exact) mass is 419 g/mol.